The molecule has 2 nitrogen and oxygen atoms in total. The van der Waals surface area contributed by atoms with Crippen molar-refractivity contribution >= 4 is 11.6 Å². The first-order valence-corrected chi connectivity index (χ1v) is 4.84. The minimum absolute atomic E-state index is 0.0212. The van der Waals surface area contributed by atoms with Crippen molar-refractivity contribution < 1.29 is 17.9 Å². The molecule has 0 aliphatic rings. The molecule has 1 rings (SSSR count). The average Bonchev–Trinajstić information content (AvgIpc) is 2.21. The van der Waals surface area contributed by atoms with E-state index in [1.807, 2.05) is 0 Å². The van der Waals surface area contributed by atoms with Crippen LogP contribution in [-0.4, -0.2) is 19.8 Å². The van der Waals surface area contributed by atoms with E-state index in [0.29, 0.717) is 0 Å². The summed E-state index contributed by atoms with van der Waals surface area (Å²) in [5.41, 5.74) is 2.48. The normalized spacial score (nSPS) is 15.9. The van der Waals surface area contributed by atoms with Gasteiger partial charge in [0.2, 0.25) is 5.60 Å². The molecule has 0 spiro atoms. The molecule has 2 N–H and O–H groups in total. The zero-order valence-electron chi connectivity index (χ0n) is 8.51. The van der Waals surface area contributed by atoms with Crippen molar-refractivity contribution in [2.45, 2.75) is 11.8 Å². The van der Waals surface area contributed by atoms with Crippen LogP contribution < -0.4 is 5.73 Å². The lowest BCUT2D eigenvalue weighted by atomic mass is 9.93. The van der Waals surface area contributed by atoms with E-state index in [1.165, 1.54) is 18.2 Å². The van der Waals surface area contributed by atoms with Crippen LogP contribution in [-0.2, 0) is 10.3 Å². The van der Waals surface area contributed by atoms with Crippen LogP contribution >= 0.6 is 11.6 Å². The molecular formula is C10H11ClF3NO. The SMILES string of the molecule is COC(CN)(c1ccccc1Cl)C(F)(F)F. The minimum atomic E-state index is -4.62. The molecule has 1 atom stereocenters. The number of nitrogens with two attached hydrogens (primary N) is 1. The van der Waals surface area contributed by atoms with Crippen molar-refractivity contribution in [1.82, 2.24) is 0 Å². The van der Waals surface area contributed by atoms with Gasteiger partial charge in [-0.15, -0.1) is 0 Å². The van der Waals surface area contributed by atoms with Gasteiger partial charge in [-0.25, -0.2) is 0 Å². The van der Waals surface area contributed by atoms with Crippen molar-refractivity contribution in [2.75, 3.05) is 13.7 Å². The van der Waals surface area contributed by atoms with Gasteiger partial charge in [0, 0.05) is 24.2 Å². The van der Waals surface area contributed by atoms with Crippen molar-refractivity contribution in [3.05, 3.63) is 34.9 Å². The molecule has 0 bridgehead atoms. The molecule has 0 amide bonds. The van der Waals surface area contributed by atoms with Crippen LogP contribution in [0.5, 0.6) is 0 Å². The molecule has 1 aromatic carbocycles. The van der Waals surface area contributed by atoms with Crippen LogP contribution in [0.2, 0.25) is 5.02 Å². The van der Waals surface area contributed by atoms with E-state index < -0.39 is 18.3 Å². The molecule has 0 saturated heterocycles. The van der Waals surface area contributed by atoms with Crippen LogP contribution in [0.3, 0.4) is 0 Å². The molecule has 16 heavy (non-hydrogen) atoms. The average molecular weight is 254 g/mol. The summed E-state index contributed by atoms with van der Waals surface area (Å²) >= 11 is 5.74. The van der Waals surface area contributed by atoms with Crippen molar-refractivity contribution in [1.29, 1.82) is 0 Å². The molecule has 1 unspecified atom stereocenters. The second kappa shape index (κ2) is 4.61. The van der Waals surface area contributed by atoms with Crippen molar-refractivity contribution in [3.63, 3.8) is 0 Å². The summed E-state index contributed by atoms with van der Waals surface area (Å²) in [6.07, 6.45) is -4.62. The van der Waals surface area contributed by atoms with Gasteiger partial charge in [-0.2, -0.15) is 13.2 Å². The molecule has 0 aliphatic carbocycles. The van der Waals surface area contributed by atoms with Crippen molar-refractivity contribution in [3.8, 4) is 0 Å². The van der Waals surface area contributed by atoms with Gasteiger partial charge in [0.05, 0.1) is 0 Å². The van der Waals surface area contributed by atoms with Crippen LogP contribution in [0.4, 0.5) is 13.2 Å². The van der Waals surface area contributed by atoms with E-state index >= 15 is 0 Å². The van der Waals surface area contributed by atoms with Crippen LogP contribution in [0.15, 0.2) is 24.3 Å². The van der Waals surface area contributed by atoms with E-state index in [-0.39, 0.29) is 10.6 Å². The third-order valence-electron chi connectivity index (χ3n) is 2.40. The van der Waals surface area contributed by atoms with Gasteiger partial charge in [0.1, 0.15) is 0 Å². The van der Waals surface area contributed by atoms with Gasteiger partial charge in [0.15, 0.2) is 0 Å². The Labute approximate surface area is 96.1 Å². The fraction of sp³-hybridized carbons (Fsp3) is 0.400. The summed E-state index contributed by atoms with van der Waals surface area (Å²) in [5, 5.41) is -0.0212. The predicted molar refractivity (Wildman–Crippen MR) is 55.2 cm³/mol. The van der Waals surface area contributed by atoms with E-state index in [9.17, 15) is 13.2 Å². The first-order chi connectivity index (χ1) is 7.39. The predicted octanol–water partition coefficient (Wildman–Crippen LogP) is 2.70. The topological polar surface area (TPSA) is 35.2 Å². The number of alkyl halides is 3. The van der Waals surface area contributed by atoms with Crippen LogP contribution in [0.1, 0.15) is 5.56 Å². The largest absolute Gasteiger partial charge is 0.423 e. The third kappa shape index (κ3) is 2.03. The van der Waals surface area contributed by atoms with Gasteiger partial charge >= 0.3 is 6.18 Å². The molecule has 6 heteroatoms. The van der Waals surface area contributed by atoms with Gasteiger partial charge in [0.25, 0.3) is 0 Å². The molecule has 1 aromatic rings. The third-order valence-corrected chi connectivity index (χ3v) is 2.73. The number of hydrogen-bond donors (Lipinski definition) is 1. The van der Waals surface area contributed by atoms with Crippen LogP contribution in [0.25, 0.3) is 0 Å². The van der Waals surface area contributed by atoms with Gasteiger partial charge < -0.3 is 10.5 Å². The maximum absolute atomic E-state index is 13.0. The van der Waals surface area contributed by atoms with Gasteiger partial charge in [-0.05, 0) is 6.07 Å². The summed E-state index contributed by atoms with van der Waals surface area (Å²) in [6.45, 7) is -0.725. The molecular weight excluding hydrogens is 243 g/mol. The van der Waals surface area contributed by atoms with Crippen LogP contribution in [0, 0.1) is 0 Å². The summed E-state index contributed by atoms with van der Waals surface area (Å²) in [7, 11) is 0.962. The highest BCUT2D eigenvalue weighted by atomic mass is 35.5. The molecule has 0 heterocycles. The second-order valence-corrected chi connectivity index (χ2v) is 3.62. The second-order valence-electron chi connectivity index (χ2n) is 3.21. The van der Waals surface area contributed by atoms with Crippen molar-refractivity contribution in [2.24, 2.45) is 5.73 Å². The quantitative estimate of drug-likeness (QED) is 0.899. The highest BCUT2D eigenvalue weighted by molar-refractivity contribution is 6.31. The lowest BCUT2D eigenvalue weighted by Gasteiger charge is -2.34. The lowest BCUT2D eigenvalue weighted by Crippen LogP contribution is -2.50. The first-order valence-electron chi connectivity index (χ1n) is 4.46. The zero-order valence-corrected chi connectivity index (χ0v) is 9.27. The van der Waals surface area contributed by atoms with E-state index in [4.69, 9.17) is 17.3 Å². The fourth-order valence-electron chi connectivity index (χ4n) is 1.48. The Morgan fingerprint density at radius 2 is 1.88 bits per heavy atom. The van der Waals surface area contributed by atoms with Gasteiger partial charge in [-0.3, -0.25) is 0 Å². The zero-order chi connectivity index (χ0) is 12.4. The Morgan fingerprint density at radius 1 is 1.31 bits per heavy atom. The number of methoxy groups -OCH3 is 1. The molecule has 0 aromatic heterocycles. The van der Waals surface area contributed by atoms with Gasteiger partial charge in [-0.1, -0.05) is 29.8 Å². The van der Waals surface area contributed by atoms with E-state index in [0.717, 1.165) is 7.11 Å². The molecule has 0 saturated carbocycles. The maximum Gasteiger partial charge on any atom is 0.423 e. The number of benzene rings is 1. The Balaban J connectivity index is 3.38. The lowest BCUT2D eigenvalue weighted by molar-refractivity contribution is -0.272. The fourth-order valence-corrected chi connectivity index (χ4v) is 1.76. The minimum Gasteiger partial charge on any atom is -0.363 e. The van der Waals surface area contributed by atoms with E-state index in [2.05, 4.69) is 4.74 Å². The maximum atomic E-state index is 13.0. The number of ether oxygens (including phenoxy) is 1. The first kappa shape index (κ1) is 13.3. The smallest absolute Gasteiger partial charge is 0.363 e. The Morgan fingerprint density at radius 3 is 2.25 bits per heavy atom. The summed E-state index contributed by atoms with van der Waals surface area (Å²) in [6, 6.07) is 5.62. The standard InChI is InChI=1S/C10H11ClF3NO/c1-16-9(6-15,10(12,13)14)7-4-2-3-5-8(7)11/h2-5H,6,15H2,1H3. The molecule has 0 aliphatic heterocycles. The summed E-state index contributed by atoms with van der Waals surface area (Å²) < 4.78 is 43.5. The Bertz CT molecular complexity index is 363. The highest BCUT2D eigenvalue weighted by Crippen LogP contribution is 2.43. The number of rotatable bonds is 3. The highest BCUT2D eigenvalue weighted by Gasteiger charge is 2.56. The Hall–Kier alpha value is -0.780. The monoisotopic (exact) mass is 253 g/mol. The Kier molecular flexibility index (Phi) is 3.83. The summed E-state index contributed by atoms with van der Waals surface area (Å²) in [4.78, 5) is 0. The summed E-state index contributed by atoms with van der Waals surface area (Å²) in [5.74, 6) is 0. The van der Waals surface area contributed by atoms with E-state index in [1.54, 1.807) is 6.07 Å². The number of hydrogen-bond acceptors (Lipinski definition) is 2. The molecule has 90 valence electrons. The molecule has 0 radical (unpaired) electrons. The number of halogens is 4. The molecule has 0 fully saturated rings.